The Morgan fingerprint density at radius 3 is 2.44 bits per heavy atom. The average molecular weight is 350 g/mol. The Hall–Kier alpha value is 0.0700. The summed E-state index contributed by atoms with van der Waals surface area (Å²) in [6.45, 7) is 7.47. The second-order valence-electron chi connectivity index (χ2n) is 4.20. The number of halogens is 2. The van der Waals surface area contributed by atoms with Gasteiger partial charge in [-0.15, -0.1) is 0 Å². The minimum Gasteiger partial charge on any atom is -0.306 e. The quantitative estimate of drug-likeness (QED) is 0.858. The fourth-order valence-electron chi connectivity index (χ4n) is 1.37. The summed E-state index contributed by atoms with van der Waals surface area (Å²) in [7, 11) is 0. The Bertz CT molecular complexity index is 349. The van der Waals surface area contributed by atoms with E-state index in [2.05, 4.69) is 62.9 Å². The first kappa shape index (κ1) is 14.1. The normalized spacial score (nSPS) is 11.8. The average Bonchev–Trinajstić information content (AvgIpc) is 2.27. The maximum absolute atomic E-state index is 4.39. The van der Waals surface area contributed by atoms with E-state index in [1.165, 1.54) is 0 Å². The highest BCUT2D eigenvalue weighted by Gasteiger charge is 2.18. The van der Waals surface area contributed by atoms with Crippen molar-refractivity contribution in [3.63, 3.8) is 0 Å². The van der Waals surface area contributed by atoms with Gasteiger partial charge in [0.2, 0.25) is 0 Å². The van der Waals surface area contributed by atoms with Crippen LogP contribution < -0.4 is 5.32 Å². The van der Waals surface area contributed by atoms with Gasteiger partial charge in [-0.05, 0) is 57.7 Å². The van der Waals surface area contributed by atoms with Gasteiger partial charge in [-0.25, -0.2) is 0 Å². The van der Waals surface area contributed by atoms with Crippen LogP contribution in [-0.2, 0) is 6.54 Å². The summed E-state index contributed by atoms with van der Waals surface area (Å²) in [6, 6.07) is 2.03. The van der Waals surface area contributed by atoms with E-state index in [4.69, 9.17) is 0 Å². The predicted octanol–water partition coefficient (Wildman–Crippen LogP) is 4.27. The molecule has 0 radical (unpaired) electrons. The Kier molecular flexibility index (Phi) is 5.41. The SMILES string of the molecule is CCC(C)(CC)NCc1ncc(Br)cc1Br. The van der Waals surface area contributed by atoms with Crippen LogP contribution in [0.4, 0.5) is 0 Å². The maximum atomic E-state index is 4.39. The van der Waals surface area contributed by atoms with E-state index in [0.717, 1.165) is 34.0 Å². The highest BCUT2D eigenvalue weighted by atomic mass is 79.9. The third-order valence-electron chi connectivity index (χ3n) is 3.13. The number of hydrogen-bond acceptors (Lipinski definition) is 2. The van der Waals surface area contributed by atoms with Crippen molar-refractivity contribution in [1.29, 1.82) is 0 Å². The zero-order valence-corrected chi connectivity index (χ0v) is 13.2. The fraction of sp³-hybridized carbons (Fsp3) is 0.583. The first-order chi connectivity index (χ1) is 7.50. The summed E-state index contributed by atoms with van der Waals surface area (Å²) in [4.78, 5) is 4.39. The van der Waals surface area contributed by atoms with Crippen LogP contribution in [0.1, 0.15) is 39.3 Å². The summed E-state index contributed by atoms with van der Waals surface area (Å²) >= 11 is 6.93. The molecule has 0 bridgehead atoms. The van der Waals surface area contributed by atoms with Crippen molar-refractivity contribution in [1.82, 2.24) is 10.3 Å². The van der Waals surface area contributed by atoms with Crippen molar-refractivity contribution in [3.05, 3.63) is 26.9 Å². The molecule has 0 fully saturated rings. The number of aromatic nitrogens is 1. The molecular formula is C12H18Br2N2. The molecular weight excluding hydrogens is 332 g/mol. The summed E-state index contributed by atoms with van der Waals surface area (Å²) in [5, 5.41) is 3.56. The highest BCUT2D eigenvalue weighted by Crippen LogP contribution is 2.21. The second-order valence-corrected chi connectivity index (χ2v) is 5.97. The number of hydrogen-bond donors (Lipinski definition) is 1. The van der Waals surface area contributed by atoms with Crippen molar-refractivity contribution in [2.24, 2.45) is 0 Å². The third kappa shape index (κ3) is 3.82. The van der Waals surface area contributed by atoms with E-state index < -0.39 is 0 Å². The molecule has 1 aromatic heterocycles. The molecule has 1 heterocycles. The van der Waals surface area contributed by atoms with Gasteiger partial charge >= 0.3 is 0 Å². The summed E-state index contributed by atoms with van der Waals surface area (Å²) in [6.07, 6.45) is 4.08. The first-order valence-electron chi connectivity index (χ1n) is 5.55. The lowest BCUT2D eigenvalue weighted by atomic mass is 9.95. The molecule has 4 heteroatoms. The van der Waals surface area contributed by atoms with Gasteiger partial charge in [0.1, 0.15) is 0 Å². The van der Waals surface area contributed by atoms with Crippen LogP contribution in [0.5, 0.6) is 0 Å². The minimum absolute atomic E-state index is 0.203. The van der Waals surface area contributed by atoms with Gasteiger partial charge in [0, 0.05) is 27.2 Å². The lowest BCUT2D eigenvalue weighted by molar-refractivity contribution is 0.327. The molecule has 0 saturated carbocycles. The predicted molar refractivity (Wildman–Crippen MR) is 75.5 cm³/mol. The molecule has 90 valence electrons. The first-order valence-corrected chi connectivity index (χ1v) is 7.14. The van der Waals surface area contributed by atoms with Crippen molar-refractivity contribution in [2.75, 3.05) is 0 Å². The van der Waals surface area contributed by atoms with E-state index >= 15 is 0 Å². The van der Waals surface area contributed by atoms with E-state index in [-0.39, 0.29) is 5.54 Å². The van der Waals surface area contributed by atoms with Gasteiger partial charge < -0.3 is 5.32 Å². The van der Waals surface area contributed by atoms with Gasteiger partial charge in [0.25, 0.3) is 0 Å². The van der Waals surface area contributed by atoms with Crippen LogP contribution in [0.15, 0.2) is 21.2 Å². The lowest BCUT2D eigenvalue weighted by Crippen LogP contribution is -2.40. The molecule has 1 N–H and O–H groups in total. The summed E-state index contributed by atoms with van der Waals surface area (Å²) < 4.78 is 2.04. The van der Waals surface area contributed by atoms with Crippen molar-refractivity contribution in [3.8, 4) is 0 Å². The topological polar surface area (TPSA) is 24.9 Å². The molecule has 0 aliphatic carbocycles. The maximum Gasteiger partial charge on any atom is 0.0684 e. The van der Waals surface area contributed by atoms with Gasteiger partial charge in [0.05, 0.1) is 5.69 Å². The molecule has 0 aliphatic rings. The Morgan fingerprint density at radius 1 is 1.31 bits per heavy atom. The van der Waals surface area contributed by atoms with Crippen LogP contribution >= 0.6 is 31.9 Å². The molecule has 1 rings (SSSR count). The second kappa shape index (κ2) is 6.12. The van der Waals surface area contributed by atoms with Crippen molar-refractivity contribution >= 4 is 31.9 Å². The third-order valence-corrected chi connectivity index (χ3v) is 4.25. The zero-order valence-electron chi connectivity index (χ0n) is 9.98. The van der Waals surface area contributed by atoms with Gasteiger partial charge in [-0.3, -0.25) is 4.98 Å². The van der Waals surface area contributed by atoms with E-state index in [1.54, 1.807) is 0 Å². The molecule has 0 saturated heterocycles. The molecule has 2 nitrogen and oxygen atoms in total. The monoisotopic (exact) mass is 348 g/mol. The largest absolute Gasteiger partial charge is 0.306 e. The highest BCUT2D eigenvalue weighted by molar-refractivity contribution is 9.11. The van der Waals surface area contributed by atoms with Gasteiger partial charge in [-0.1, -0.05) is 13.8 Å². The van der Waals surface area contributed by atoms with E-state index in [9.17, 15) is 0 Å². The minimum atomic E-state index is 0.203. The fourth-order valence-corrected chi connectivity index (χ4v) is 2.50. The van der Waals surface area contributed by atoms with Crippen LogP contribution in [0.2, 0.25) is 0 Å². The van der Waals surface area contributed by atoms with Gasteiger partial charge in [0.15, 0.2) is 0 Å². The standard InChI is InChI=1S/C12H18Br2N2/c1-4-12(3,5-2)16-8-11-10(14)6-9(13)7-15-11/h6-7,16H,4-5,8H2,1-3H3. The van der Waals surface area contributed by atoms with E-state index in [1.807, 2.05) is 12.3 Å². The molecule has 0 unspecified atom stereocenters. The molecule has 16 heavy (non-hydrogen) atoms. The number of rotatable bonds is 5. The molecule has 0 aromatic carbocycles. The van der Waals surface area contributed by atoms with Crippen LogP contribution in [-0.4, -0.2) is 10.5 Å². The smallest absolute Gasteiger partial charge is 0.0684 e. The molecule has 0 aliphatic heterocycles. The summed E-state index contributed by atoms with van der Waals surface area (Å²) in [5.74, 6) is 0. The van der Waals surface area contributed by atoms with E-state index in [0.29, 0.717) is 0 Å². The number of nitrogens with zero attached hydrogens (tertiary/aromatic N) is 1. The molecule has 0 amide bonds. The van der Waals surface area contributed by atoms with Crippen LogP contribution in [0.3, 0.4) is 0 Å². The summed E-state index contributed by atoms with van der Waals surface area (Å²) in [5.41, 5.74) is 1.25. The lowest BCUT2D eigenvalue weighted by Gasteiger charge is -2.28. The number of pyridine rings is 1. The van der Waals surface area contributed by atoms with Crippen LogP contribution in [0, 0.1) is 0 Å². The van der Waals surface area contributed by atoms with Gasteiger partial charge in [-0.2, -0.15) is 0 Å². The molecule has 0 spiro atoms. The Labute approximate surface area is 114 Å². The van der Waals surface area contributed by atoms with Crippen LogP contribution in [0.25, 0.3) is 0 Å². The zero-order chi connectivity index (χ0) is 12.2. The Balaban J connectivity index is 2.67. The van der Waals surface area contributed by atoms with Crippen molar-refractivity contribution < 1.29 is 0 Å². The Morgan fingerprint density at radius 2 is 1.94 bits per heavy atom. The number of nitrogens with one attached hydrogen (secondary N) is 1. The van der Waals surface area contributed by atoms with Crippen molar-refractivity contribution in [2.45, 2.75) is 45.7 Å². The molecule has 0 atom stereocenters. The molecule has 1 aromatic rings.